The van der Waals surface area contributed by atoms with Crippen LogP contribution in [0, 0.1) is 23.3 Å². The smallest absolute Gasteiger partial charge is 0.470 e. The Balaban J connectivity index is 0.000000145. The lowest BCUT2D eigenvalue weighted by atomic mass is 9.76. The van der Waals surface area contributed by atoms with Crippen LogP contribution in [0.4, 0.5) is 28.9 Å². The standard InChI is InChI=1S/C38H27ClF2N4O5S.C30H31BClFN2O6S.C14H8ClFN2O/c1-42-38(46)35-27-16-26(29-14-15-33-36(43-29)32-17-25-28(41)4-3-5-30(25)44(32)20-49-33)31(18-34(27)50-37(35)22-8-12-24(40)13-9-22)45(51(2,47)48)19-21-6-10-23(39)11-7-21;1-29(2)30(3,4)41-31(40-29)23-15-22-25(39-27(26(22)28(36)34-5)19-9-13-21(33)14-10-19)16-24(23)35(42(6,37)38)17-18-7-11-20(32)12-8-18;15-13-5-4-12-14(17-13)11-6-8-9(16)2-1-3-10(8)18(11)7-19-12/h3-18H,19-20H2,1-2H3,(H,42,46);7-16H,17H2,1-6H3,(H,34,36);1-6H,7H2. The van der Waals surface area contributed by atoms with Gasteiger partial charge in [-0.05, 0) is 184 Å². The second-order valence-electron chi connectivity index (χ2n) is 27.8. The SMILES string of the molecule is CNC(=O)c1c(-c2ccc(F)cc2)oc2cc(N(Cc3ccc(Cl)cc3)S(C)(=O)=O)c(-c3ccc4c(n3)-c3cc5c(F)cccc5n3CO4)cc12.CNC(=O)c1c(-c2ccc(F)cc2)oc2cc(N(Cc3ccc(Cl)cc3)S(C)(=O)=O)c(B3OC(C)(C)C(C)(C)O3)cc12.Fc1cccc2c1cc1n2COc2ccc(Cl)nc2-1. The van der Waals surface area contributed by atoms with E-state index >= 15 is 0 Å². The molecule has 17 rings (SSSR count). The Morgan fingerprint density at radius 1 is 0.518 bits per heavy atom. The maximum atomic E-state index is 14.9. The summed E-state index contributed by atoms with van der Waals surface area (Å²) in [6.45, 7) is 8.00. The molecule has 0 unspecified atom stereocenters. The first-order valence-corrected chi connectivity index (χ1v) is 39.6. The maximum absolute atomic E-state index is 14.9. The molecular formula is C82H66BCl3F4N8O12S2. The van der Waals surface area contributed by atoms with Crippen molar-refractivity contribution >= 4 is 134 Å². The van der Waals surface area contributed by atoms with Crippen molar-refractivity contribution in [2.24, 2.45) is 0 Å². The first-order chi connectivity index (χ1) is 53.3. The van der Waals surface area contributed by atoms with Gasteiger partial charge in [0.15, 0.2) is 13.5 Å². The Hall–Kier alpha value is -11.2. The van der Waals surface area contributed by atoms with Crippen molar-refractivity contribution in [3.05, 3.63) is 255 Å². The van der Waals surface area contributed by atoms with E-state index in [9.17, 15) is 44.0 Å². The van der Waals surface area contributed by atoms with Crippen LogP contribution in [-0.2, 0) is 55.9 Å². The second kappa shape index (κ2) is 29.5. The van der Waals surface area contributed by atoms with E-state index in [1.807, 2.05) is 42.9 Å². The quantitative estimate of drug-likeness (QED) is 0.0586. The van der Waals surface area contributed by atoms with E-state index in [0.29, 0.717) is 117 Å². The molecule has 0 atom stereocenters. The van der Waals surface area contributed by atoms with Crippen molar-refractivity contribution in [2.75, 3.05) is 35.2 Å². The lowest BCUT2D eigenvalue weighted by molar-refractivity contribution is 0.00578. The van der Waals surface area contributed by atoms with Gasteiger partial charge in [-0.1, -0.05) is 71.2 Å². The number of nitrogens with one attached hydrogen (secondary N) is 2. The molecule has 30 heteroatoms. The molecule has 0 saturated carbocycles. The minimum Gasteiger partial charge on any atom is -0.470 e. The third-order valence-electron chi connectivity index (χ3n) is 20.0. The fourth-order valence-electron chi connectivity index (χ4n) is 13.7. The molecule has 6 aromatic heterocycles. The predicted octanol–water partition coefficient (Wildman–Crippen LogP) is 17.8. The van der Waals surface area contributed by atoms with Crippen molar-refractivity contribution in [1.29, 1.82) is 0 Å². The highest BCUT2D eigenvalue weighted by atomic mass is 35.5. The lowest BCUT2D eigenvalue weighted by Crippen LogP contribution is -2.41. The summed E-state index contributed by atoms with van der Waals surface area (Å²) in [5, 5.41) is 8.47. The molecule has 9 heterocycles. The number of hydrogen-bond donors (Lipinski definition) is 2. The highest BCUT2D eigenvalue weighted by Crippen LogP contribution is 2.47. The van der Waals surface area contributed by atoms with Crippen molar-refractivity contribution in [2.45, 2.75) is 65.4 Å². The summed E-state index contributed by atoms with van der Waals surface area (Å²) in [4.78, 5) is 35.9. The summed E-state index contributed by atoms with van der Waals surface area (Å²) in [6.07, 6.45) is 2.21. The molecule has 2 N–H and O–H groups in total. The van der Waals surface area contributed by atoms with Crippen LogP contribution >= 0.6 is 34.8 Å². The first kappa shape index (κ1) is 76.2. The molecule has 0 radical (unpaired) electrons. The van der Waals surface area contributed by atoms with Gasteiger partial charge in [0.25, 0.3) is 11.8 Å². The second-order valence-corrected chi connectivity index (χ2v) is 32.8. The average Bonchev–Trinajstić information content (AvgIpc) is 1.58. The van der Waals surface area contributed by atoms with Crippen LogP contribution in [0.15, 0.2) is 203 Å². The van der Waals surface area contributed by atoms with Gasteiger partial charge in [-0.3, -0.25) is 18.2 Å². The molecule has 14 aromatic rings. The molecule has 3 aliphatic rings. The van der Waals surface area contributed by atoms with Gasteiger partial charge in [-0.15, -0.1) is 0 Å². The van der Waals surface area contributed by atoms with Crippen LogP contribution in [0.25, 0.3) is 100 Å². The zero-order chi connectivity index (χ0) is 79.2. The number of benzene rings is 8. The van der Waals surface area contributed by atoms with Gasteiger partial charge in [0.1, 0.15) is 74.0 Å². The fraction of sp³-hybridized carbons (Fsp3) is 0.171. The molecule has 20 nitrogen and oxygen atoms in total. The molecule has 1 saturated heterocycles. The van der Waals surface area contributed by atoms with Gasteiger partial charge in [0.2, 0.25) is 20.0 Å². The third kappa shape index (κ3) is 14.5. The number of furan rings is 2. The molecule has 0 aliphatic carbocycles. The Bertz CT molecular complexity index is 6350. The van der Waals surface area contributed by atoms with Crippen LogP contribution in [0.1, 0.15) is 59.5 Å². The number of carbonyl (C=O) groups excluding carboxylic acids is 2. The number of ether oxygens (including phenoxy) is 2. The van der Waals surface area contributed by atoms with E-state index in [0.717, 1.165) is 23.7 Å². The molecule has 0 bridgehead atoms. The van der Waals surface area contributed by atoms with E-state index in [4.69, 9.17) is 67.4 Å². The summed E-state index contributed by atoms with van der Waals surface area (Å²) in [5.41, 5.74) is 7.23. The van der Waals surface area contributed by atoms with Crippen LogP contribution in [-0.4, -0.2) is 92.7 Å². The number of pyridine rings is 2. The highest BCUT2D eigenvalue weighted by Gasteiger charge is 2.53. The number of amides is 2. The Kier molecular flexibility index (Phi) is 20.1. The zero-order valence-electron chi connectivity index (χ0n) is 60.9. The molecule has 2 amide bonds. The number of carbonyl (C=O) groups is 2. The van der Waals surface area contributed by atoms with Gasteiger partial charge in [0, 0.05) is 80.0 Å². The number of sulfonamides is 2. The largest absolute Gasteiger partial charge is 0.497 e. The fourth-order valence-corrected chi connectivity index (χ4v) is 15.9. The Morgan fingerprint density at radius 3 is 1.40 bits per heavy atom. The van der Waals surface area contributed by atoms with E-state index in [1.165, 1.54) is 83.4 Å². The molecule has 112 heavy (non-hydrogen) atoms. The van der Waals surface area contributed by atoms with Crippen LogP contribution in [0.3, 0.4) is 0 Å². The summed E-state index contributed by atoms with van der Waals surface area (Å²) in [5.74, 6) is -0.907. The summed E-state index contributed by atoms with van der Waals surface area (Å²) >= 11 is 18.1. The monoisotopic (exact) mass is 1610 g/mol. The number of hydrogen-bond acceptors (Lipinski definition) is 14. The first-order valence-electron chi connectivity index (χ1n) is 34.8. The van der Waals surface area contributed by atoms with E-state index in [1.54, 1.807) is 127 Å². The number of nitrogens with zero attached hydrogens (tertiary/aromatic N) is 6. The van der Waals surface area contributed by atoms with Crippen LogP contribution in [0.5, 0.6) is 11.5 Å². The van der Waals surface area contributed by atoms with E-state index < -0.39 is 61.8 Å². The number of rotatable bonds is 14. The van der Waals surface area contributed by atoms with Crippen molar-refractivity contribution in [1.82, 2.24) is 29.7 Å². The molecule has 3 aliphatic heterocycles. The van der Waals surface area contributed by atoms with Gasteiger partial charge >= 0.3 is 7.12 Å². The van der Waals surface area contributed by atoms with Crippen molar-refractivity contribution in [3.63, 3.8) is 0 Å². The zero-order valence-corrected chi connectivity index (χ0v) is 64.8. The highest BCUT2D eigenvalue weighted by molar-refractivity contribution is 7.92. The molecular weight excluding hydrogens is 1550 g/mol. The van der Waals surface area contributed by atoms with Gasteiger partial charge in [0.05, 0.1) is 87.4 Å². The molecule has 570 valence electrons. The number of fused-ring (bicyclic) bond motifs is 12. The van der Waals surface area contributed by atoms with Crippen molar-refractivity contribution in [3.8, 4) is 68.2 Å². The van der Waals surface area contributed by atoms with Crippen LogP contribution < -0.4 is 34.2 Å². The molecule has 0 spiro atoms. The van der Waals surface area contributed by atoms with Gasteiger partial charge < -0.3 is 47.4 Å². The Morgan fingerprint density at radius 2 is 0.946 bits per heavy atom. The minimum absolute atomic E-state index is 0.0121. The summed E-state index contributed by atoms with van der Waals surface area (Å²) in [6, 6.07) is 51.4. The summed E-state index contributed by atoms with van der Waals surface area (Å²) < 4.78 is 153. The number of halogens is 7. The topological polar surface area (TPSA) is 232 Å². The van der Waals surface area contributed by atoms with Gasteiger partial charge in [-0.2, -0.15) is 0 Å². The van der Waals surface area contributed by atoms with Crippen molar-refractivity contribution < 1.29 is 71.6 Å². The van der Waals surface area contributed by atoms with E-state index in [-0.39, 0.29) is 76.6 Å². The molecule has 8 aromatic carbocycles. The summed E-state index contributed by atoms with van der Waals surface area (Å²) in [7, 11) is -5.80. The predicted molar refractivity (Wildman–Crippen MR) is 426 cm³/mol. The minimum atomic E-state index is -3.96. The van der Waals surface area contributed by atoms with Gasteiger partial charge in [-0.25, -0.2) is 44.4 Å². The Labute approximate surface area is 655 Å². The lowest BCUT2D eigenvalue weighted by Gasteiger charge is -2.32. The number of anilines is 2. The average molecular weight is 1610 g/mol. The third-order valence-corrected chi connectivity index (χ3v) is 23.0. The maximum Gasteiger partial charge on any atom is 0.497 e. The molecule has 1 fully saturated rings. The van der Waals surface area contributed by atoms with E-state index in [2.05, 4.69) is 15.6 Å². The van der Waals surface area contributed by atoms with Crippen LogP contribution in [0.2, 0.25) is 15.2 Å². The normalized spacial score (nSPS) is 13.9. The number of aromatic nitrogens is 4.